The molecule has 1 saturated carbocycles. The van der Waals surface area contributed by atoms with Gasteiger partial charge in [0.05, 0.1) is 6.61 Å². The van der Waals surface area contributed by atoms with Crippen molar-refractivity contribution >= 4 is 0 Å². The van der Waals surface area contributed by atoms with Gasteiger partial charge in [-0.1, -0.05) is 73.9 Å². The molecule has 0 aliphatic heterocycles. The number of rotatable bonds is 5. The van der Waals surface area contributed by atoms with Crippen LogP contribution in [0.3, 0.4) is 0 Å². The third-order valence-corrected chi connectivity index (χ3v) is 6.80. The first kappa shape index (κ1) is 19.3. The number of aryl methyl sites for hydroxylation is 1. The van der Waals surface area contributed by atoms with Gasteiger partial charge in [-0.15, -0.1) is 0 Å². The second-order valence-electron chi connectivity index (χ2n) is 9.08. The van der Waals surface area contributed by atoms with Crippen LogP contribution >= 0.6 is 0 Å². The summed E-state index contributed by atoms with van der Waals surface area (Å²) in [5, 5.41) is 0. The highest BCUT2D eigenvalue weighted by molar-refractivity contribution is 5.31. The number of hydrogen-bond donors (Lipinski definition) is 0. The first-order valence-electron chi connectivity index (χ1n) is 11.1. The van der Waals surface area contributed by atoms with E-state index in [0.29, 0.717) is 11.8 Å². The Balaban J connectivity index is 1.30. The number of ether oxygens (including phenoxy) is 1. The highest BCUT2D eigenvalue weighted by Gasteiger charge is 2.21. The summed E-state index contributed by atoms with van der Waals surface area (Å²) in [7, 11) is 0. The summed E-state index contributed by atoms with van der Waals surface area (Å²) in [5.41, 5.74) is 4.30. The van der Waals surface area contributed by atoms with Gasteiger partial charge in [-0.3, -0.25) is 0 Å². The zero-order valence-corrected chi connectivity index (χ0v) is 17.4. The van der Waals surface area contributed by atoms with E-state index in [1.165, 1.54) is 49.7 Å². The molecule has 0 radical (unpaired) electrons. The fraction of sp³-hybridized carbons (Fsp3) is 0.481. The molecule has 148 valence electrons. The van der Waals surface area contributed by atoms with E-state index in [1.807, 2.05) is 0 Å². The van der Waals surface area contributed by atoms with Gasteiger partial charge >= 0.3 is 0 Å². The Morgan fingerprint density at radius 2 is 1.43 bits per heavy atom. The summed E-state index contributed by atoms with van der Waals surface area (Å²) in [6, 6.07) is 17.9. The maximum absolute atomic E-state index is 5.98. The average molecular weight is 375 g/mol. The van der Waals surface area contributed by atoms with E-state index in [1.54, 1.807) is 5.56 Å². The topological polar surface area (TPSA) is 9.23 Å². The van der Waals surface area contributed by atoms with Gasteiger partial charge in [0.15, 0.2) is 0 Å². The van der Waals surface area contributed by atoms with Crippen LogP contribution in [-0.2, 0) is 0 Å². The van der Waals surface area contributed by atoms with E-state index >= 15 is 0 Å². The van der Waals surface area contributed by atoms with E-state index < -0.39 is 0 Å². The maximum atomic E-state index is 5.98. The van der Waals surface area contributed by atoms with E-state index in [4.69, 9.17) is 4.74 Å². The average Bonchev–Trinajstić information content (AvgIpc) is 2.74. The maximum Gasteiger partial charge on any atom is 0.119 e. The number of benzene rings is 2. The first-order valence-corrected chi connectivity index (χ1v) is 11.1. The summed E-state index contributed by atoms with van der Waals surface area (Å²) in [5.74, 6) is 3.78. The third kappa shape index (κ3) is 4.87. The zero-order valence-electron chi connectivity index (χ0n) is 17.4. The van der Waals surface area contributed by atoms with Crippen molar-refractivity contribution in [3.05, 3.63) is 77.4 Å². The molecule has 4 rings (SSSR count). The lowest BCUT2D eigenvalue weighted by atomic mass is 9.78. The summed E-state index contributed by atoms with van der Waals surface area (Å²) in [6.45, 7) is 5.29. The van der Waals surface area contributed by atoms with Gasteiger partial charge in [0.25, 0.3) is 0 Å². The molecule has 1 nitrogen and oxygen atoms in total. The van der Waals surface area contributed by atoms with Gasteiger partial charge in [-0.05, 0) is 67.7 Å². The molecule has 0 heterocycles. The number of hydrogen-bond acceptors (Lipinski definition) is 1. The molecule has 2 aliphatic carbocycles. The van der Waals surface area contributed by atoms with Gasteiger partial charge in [-0.25, -0.2) is 0 Å². The van der Waals surface area contributed by atoms with Gasteiger partial charge in [-0.2, -0.15) is 0 Å². The Morgan fingerprint density at radius 3 is 2.07 bits per heavy atom. The lowest BCUT2D eigenvalue weighted by molar-refractivity contribution is 0.260. The minimum absolute atomic E-state index is 0.529. The molecule has 2 aromatic carbocycles. The van der Waals surface area contributed by atoms with Gasteiger partial charge in [0, 0.05) is 11.8 Å². The van der Waals surface area contributed by atoms with Crippen molar-refractivity contribution in [3.63, 3.8) is 0 Å². The molecular formula is C27H34O. The lowest BCUT2D eigenvalue weighted by Gasteiger charge is -2.27. The molecule has 0 aromatic heterocycles. The van der Waals surface area contributed by atoms with Crippen molar-refractivity contribution in [2.45, 2.75) is 64.2 Å². The quantitative estimate of drug-likeness (QED) is 0.495. The summed E-state index contributed by atoms with van der Waals surface area (Å²) >= 11 is 0. The van der Waals surface area contributed by atoms with Gasteiger partial charge in [0.1, 0.15) is 5.75 Å². The Kier molecular flexibility index (Phi) is 6.20. The highest BCUT2D eigenvalue weighted by Crippen LogP contribution is 2.37. The Bertz CT molecular complexity index is 763. The van der Waals surface area contributed by atoms with E-state index in [-0.39, 0.29) is 0 Å². The predicted molar refractivity (Wildman–Crippen MR) is 118 cm³/mol. The van der Waals surface area contributed by atoms with E-state index in [0.717, 1.165) is 24.2 Å². The second-order valence-corrected chi connectivity index (χ2v) is 9.08. The minimum Gasteiger partial charge on any atom is -0.493 e. The molecule has 2 aliphatic rings. The molecule has 0 N–H and O–H groups in total. The predicted octanol–water partition coefficient (Wildman–Crippen LogP) is 7.42. The fourth-order valence-electron chi connectivity index (χ4n) is 4.74. The minimum atomic E-state index is 0.529. The largest absolute Gasteiger partial charge is 0.493 e. The standard InChI is InChI=1S/C27H34O/c1-20-3-9-23(10-4-20)25-13-15-26(16-14-25)24-11-7-22(8-12-24)19-28-27-17-5-21(2)6-18-27/h5-7,11,13-18,20,22-24H,3-4,8-10,12,19H2,1-2H3. The molecule has 28 heavy (non-hydrogen) atoms. The van der Waals surface area contributed by atoms with Crippen molar-refractivity contribution in [1.82, 2.24) is 0 Å². The van der Waals surface area contributed by atoms with E-state index in [2.05, 4.69) is 74.5 Å². The highest BCUT2D eigenvalue weighted by atomic mass is 16.5. The van der Waals surface area contributed by atoms with Crippen molar-refractivity contribution < 1.29 is 4.74 Å². The molecule has 0 amide bonds. The third-order valence-electron chi connectivity index (χ3n) is 6.80. The summed E-state index contributed by atoms with van der Waals surface area (Å²) in [4.78, 5) is 0. The van der Waals surface area contributed by atoms with Crippen LogP contribution in [0, 0.1) is 18.8 Å². The van der Waals surface area contributed by atoms with Crippen molar-refractivity contribution in [3.8, 4) is 5.75 Å². The summed E-state index contributed by atoms with van der Waals surface area (Å²) < 4.78 is 5.98. The molecule has 1 fully saturated rings. The Morgan fingerprint density at radius 1 is 0.750 bits per heavy atom. The fourth-order valence-corrected chi connectivity index (χ4v) is 4.74. The number of allylic oxidation sites excluding steroid dienone is 1. The molecule has 2 aromatic rings. The summed E-state index contributed by atoms with van der Waals surface area (Å²) in [6.07, 6.45) is 12.7. The van der Waals surface area contributed by atoms with Crippen molar-refractivity contribution in [1.29, 1.82) is 0 Å². The molecule has 2 atom stereocenters. The molecule has 0 spiro atoms. The zero-order chi connectivity index (χ0) is 19.3. The van der Waals surface area contributed by atoms with Crippen LogP contribution in [0.2, 0.25) is 0 Å². The molecule has 0 bridgehead atoms. The molecular weight excluding hydrogens is 340 g/mol. The lowest BCUT2D eigenvalue weighted by Crippen LogP contribution is -2.15. The molecule has 2 unspecified atom stereocenters. The van der Waals surface area contributed by atoms with Crippen LogP contribution in [0.1, 0.15) is 74.0 Å². The SMILES string of the molecule is Cc1ccc(OCC2C=CC(c3ccc(C4CCC(C)CC4)cc3)CC2)cc1. The van der Waals surface area contributed by atoms with Crippen LogP contribution in [0.4, 0.5) is 0 Å². The van der Waals surface area contributed by atoms with Gasteiger partial charge < -0.3 is 4.74 Å². The monoisotopic (exact) mass is 374 g/mol. The normalized spacial score (nSPS) is 27.5. The van der Waals surface area contributed by atoms with Crippen LogP contribution < -0.4 is 4.74 Å². The van der Waals surface area contributed by atoms with Crippen LogP contribution in [0.5, 0.6) is 5.75 Å². The molecule has 1 heteroatoms. The molecule has 0 saturated heterocycles. The van der Waals surface area contributed by atoms with Crippen molar-refractivity contribution in [2.24, 2.45) is 11.8 Å². The van der Waals surface area contributed by atoms with Crippen LogP contribution in [-0.4, -0.2) is 6.61 Å². The van der Waals surface area contributed by atoms with E-state index in [9.17, 15) is 0 Å². The van der Waals surface area contributed by atoms with Crippen molar-refractivity contribution in [2.75, 3.05) is 6.61 Å². The second kappa shape index (κ2) is 8.99. The first-order chi connectivity index (χ1) is 13.7. The van der Waals surface area contributed by atoms with Crippen LogP contribution in [0.15, 0.2) is 60.7 Å². The Hall–Kier alpha value is -2.02. The smallest absolute Gasteiger partial charge is 0.119 e. The van der Waals surface area contributed by atoms with Gasteiger partial charge in [0.2, 0.25) is 0 Å². The van der Waals surface area contributed by atoms with Crippen LogP contribution in [0.25, 0.3) is 0 Å². The Labute approximate surface area is 170 Å².